The van der Waals surface area contributed by atoms with Crippen LogP contribution in [0.1, 0.15) is 43.6 Å². The highest BCUT2D eigenvalue weighted by molar-refractivity contribution is 5.91. The summed E-state index contributed by atoms with van der Waals surface area (Å²) in [6, 6.07) is 25.5. The van der Waals surface area contributed by atoms with E-state index in [-0.39, 0.29) is 5.41 Å². The Morgan fingerprint density at radius 1 is 0.647 bits per heavy atom. The molecule has 0 unspecified atom stereocenters. The molecule has 0 N–H and O–H groups in total. The molecule has 166 valence electrons. The third-order valence-electron chi connectivity index (χ3n) is 7.07. The predicted octanol–water partition coefficient (Wildman–Crippen LogP) is 7.58. The van der Waals surface area contributed by atoms with Crippen molar-refractivity contribution < 1.29 is 0 Å². The van der Waals surface area contributed by atoms with Gasteiger partial charge in [-0.15, -0.1) is 0 Å². The molecule has 4 aromatic rings. The van der Waals surface area contributed by atoms with Crippen molar-refractivity contribution in [2.45, 2.75) is 39.0 Å². The average molecular weight is 442 g/mol. The lowest BCUT2D eigenvalue weighted by Crippen LogP contribution is -2.16. The summed E-state index contributed by atoms with van der Waals surface area (Å²) in [5.41, 5.74) is 9.98. The van der Waals surface area contributed by atoms with Crippen LogP contribution in [-0.2, 0) is 5.41 Å². The van der Waals surface area contributed by atoms with Crippen LogP contribution < -0.4 is 0 Å². The van der Waals surface area contributed by atoms with E-state index in [1.807, 2.05) is 13.0 Å². The lowest BCUT2D eigenvalue weighted by Gasteiger charge is -2.23. The Bertz CT molecular complexity index is 1460. The van der Waals surface area contributed by atoms with Gasteiger partial charge in [0.1, 0.15) is 5.82 Å². The molecule has 1 aromatic heterocycles. The molecule has 6 rings (SSSR count). The van der Waals surface area contributed by atoms with Crippen LogP contribution in [0.15, 0.2) is 90.5 Å². The molecule has 0 radical (unpaired) electrons. The van der Waals surface area contributed by atoms with Crippen molar-refractivity contribution in [1.82, 2.24) is 15.0 Å². The Hall–Kier alpha value is -3.85. The van der Waals surface area contributed by atoms with Gasteiger partial charge in [-0.05, 0) is 59.2 Å². The highest BCUT2D eigenvalue weighted by Crippen LogP contribution is 2.51. The van der Waals surface area contributed by atoms with Gasteiger partial charge in [0.05, 0.1) is 0 Å². The first-order valence-electron chi connectivity index (χ1n) is 12.0. The van der Waals surface area contributed by atoms with Gasteiger partial charge in [0.25, 0.3) is 0 Å². The zero-order chi connectivity index (χ0) is 23.3. The van der Waals surface area contributed by atoms with Gasteiger partial charge in [0, 0.05) is 16.5 Å². The van der Waals surface area contributed by atoms with Gasteiger partial charge >= 0.3 is 0 Å². The molecular weight excluding hydrogens is 414 g/mol. The van der Waals surface area contributed by atoms with Gasteiger partial charge in [0.15, 0.2) is 11.6 Å². The van der Waals surface area contributed by atoms with Crippen molar-refractivity contribution in [3.8, 4) is 33.9 Å². The van der Waals surface area contributed by atoms with Crippen molar-refractivity contribution in [2.24, 2.45) is 0 Å². The lowest BCUT2D eigenvalue weighted by atomic mass is 9.80. The largest absolute Gasteiger partial charge is 0.213 e. The number of hydrogen-bond donors (Lipinski definition) is 0. The number of aryl methyl sites for hydroxylation is 1. The first-order valence-corrected chi connectivity index (χ1v) is 12.0. The van der Waals surface area contributed by atoms with Crippen LogP contribution in [-0.4, -0.2) is 15.0 Å². The normalized spacial score (nSPS) is 15.9. The van der Waals surface area contributed by atoms with Crippen molar-refractivity contribution in [2.75, 3.05) is 0 Å². The number of nitrogens with zero attached hydrogens (tertiary/aromatic N) is 3. The minimum absolute atomic E-state index is 0.00420. The Morgan fingerprint density at radius 2 is 1.26 bits per heavy atom. The lowest BCUT2D eigenvalue weighted by molar-refractivity contribution is 0.654. The predicted molar refractivity (Wildman–Crippen MR) is 139 cm³/mol. The second-order valence-electron chi connectivity index (χ2n) is 9.67. The van der Waals surface area contributed by atoms with Gasteiger partial charge < -0.3 is 0 Å². The number of aromatic nitrogens is 3. The fraction of sp³-hybridized carbons (Fsp3) is 0.194. The maximum Gasteiger partial charge on any atom is 0.163 e. The summed E-state index contributed by atoms with van der Waals surface area (Å²) in [5.74, 6) is 2.16. The van der Waals surface area contributed by atoms with Crippen molar-refractivity contribution in [3.63, 3.8) is 0 Å². The molecule has 0 atom stereocenters. The molecule has 1 heterocycles. The molecule has 0 amide bonds. The van der Waals surface area contributed by atoms with Crippen LogP contribution in [0.2, 0.25) is 0 Å². The molecule has 3 aromatic carbocycles. The summed E-state index contributed by atoms with van der Waals surface area (Å²) < 4.78 is 0. The van der Waals surface area contributed by atoms with Crippen molar-refractivity contribution in [3.05, 3.63) is 107 Å². The minimum atomic E-state index is -0.00420. The molecule has 2 aliphatic rings. The van der Waals surface area contributed by atoms with Gasteiger partial charge in [-0.3, -0.25) is 0 Å². The number of rotatable bonds is 3. The Morgan fingerprint density at radius 3 is 2.03 bits per heavy atom. The van der Waals surface area contributed by atoms with Crippen molar-refractivity contribution in [1.29, 1.82) is 0 Å². The number of benzene rings is 3. The first kappa shape index (κ1) is 20.7. The third-order valence-corrected chi connectivity index (χ3v) is 7.07. The van der Waals surface area contributed by atoms with E-state index in [0.29, 0.717) is 5.82 Å². The zero-order valence-corrected chi connectivity index (χ0v) is 19.8. The molecular formula is C31H27N3. The van der Waals surface area contributed by atoms with Crippen LogP contribution in [0.3, 0.4) is 0 Å². The van der Waals surface area contributed by atoms with E-state index < -0.39 is 0 Å². The summed E-state index contributed by atoms with van der Waals surface area (Å²) in [4.78, 5) is 14.2. The monoisotopic (exact) mass is 441 g/mol. The molecule has 3 nitrogen and oxygen atoms in total. The number of hydrogen-bond acceptors (Lipinski definition) is 3. The van der Waals surface area contributed by atoms with Crippen LogP contribution in [0.25, 0.3) is 39.5 Å². The Balaban J connectivity index is 1.39. The number of fused-ring (bicyclic) bond motifs is 3. The molecule has 0 saturated carbocycles. The quantitative estimate of drug-likeness (QED) is 0.329. The highest BCUT2D eigenvalue weighted by atomic mass is 15.0. The van der Waals surface area contributed by atoms with Gasteiger partial charge in [-0.1, -0.05) is 92.7 Å². The SMILES string of the molecule is Cc1nc(-c2ccc(-c3ccccc3)cc2)nc(-c2ccc3c(c2)C(C)(C)C2=CCCC=C23)n1. The summed E-state index contributed by atoms with van der Waals surface area (Å²) in [6.45, 7) is 6.59. The average Bonchev–Trinajstić information content (AvgIpc) is 3.11. The van der Waals surface area contributed by atoms with Crippen LogP contribution in [0, 0.1) is 6.92 Å². The Kier molecular flexibility index (Phi) is 4.80. The molecule has 0 fully saturated rings. The molecule has 0 aliphatic heterocycles. The molecule has 0 saturated heterocycles. The first-order chi connectivity index (χ1) is 16.5. The molecule has 2 aliphatic carbocycles. The third kappa shape index (κ3) is 3.40. The van der Waals surface area contributed by atoms with E-state index >= 15 is 0 Å². The molecule has 0 spiro atoms. The van der Waals surface area contributed by atoms with Gasteiger partial charge in [-0.2, -0.15) is 0 Å². The summed E-state index contributed by atoms with van der Waals surface area (Å²) in [6.07, 6.45) is 7.06. The minimum Gasteiger partial charge on any atom is -0.213 e. The second-order valence-corrected chi connectivity index (χ2v) is 9.67. The molecule has 3 heteroatoms. The van der Waals surface area contributed by atoms with E-state index in [1.165, 1.54) is 33.4 Å². The maximum absolute atomic E-state index is 4.89. The second kappa shape index (κ2) is 7.88. The standard InChI is InChI=1S/C31H27N3/c1-20-32-29(23-15-13-22(14-16-23)21-9-5-4-6-10-21)34-30(33-20)24-17-18-26-25-11-7-8-12-27(25)31(2,3)28(26)19-24/h4-6,9-19H,7-8H2,1-3H3. The summed E-state index contributed by atoms with van der Waals surface area (Å²) in [5, 5.41) is 0. The number of allylic oxidation sites excluding steroid dienone is 4. The van der Waals surface area contributed by atoms with E-state index in [2.05, 4.69) is 97.7 Å². The van der Waals surface area contributed by atoms with Crippen molar-refractivity contribution >= 4 is 5.57 Å². The summed E-state index contributed by atoms with van der Waals surface area (Å²) in [7, 11) is 0. The Labute approximate surface area is 201 Å². The molecule has 34 heavy (non-hydrogen) atoms. The maximum atomic E-state index is 4.89. The van der Waals surface area contributed by atoms with E-state index in [1.54, 1.807) is 0 Å². The summed E-state index contributed by atoms with van der Waals surface area (Å²) >= 11 is 0. The fourth-order valence-electron chi connectivity index (χ4n) is 5.28. The topological polar surface area (TPSA) is 38.7 Å². The van der Waals surface area contributed by atoms with Crippen LogP contribution in [0.4, 0.5) is 0 Å². The van der Waals surface area contributed by atoms with E-state index in [0.717, 1.165) is 35.6 Å². The van der Waals surface area contributed by atoms with E-state index in [9.17, 15) is 0 Å². The van der Waals surface area contributed by atoms with Crippen LogP contribution >= 0.6 is 0 Å². The fourth-order valence-corrected chi connectivity index (χ4v) is 5.28. The zero-order valence-electron chi connectivity index (χ0n) is 19.8. The van der Waals surface area contributed by atoms with E-state index in [4.69, 9.17) is 9.97 Å². The smallest absolute Gasteiger partial charge is 0.163 e. The van der Waals surface area contributed by atoms with Crippen LogP contribution in [0.5, 0.6) is 0 Å². The van der Waals surface area contributed by atoms with Gasteiger partial charge in [0.2, 0.25) is 0 Å². The van der Waals surface area contributed by atoms with Gasteiger partial charge in [-0.25, -0.2) is 15.0 Å². The highest BCUT2D eigenvalue weighted by Gasteiger charge is 2.38. The molecule has 0 bridgehead atoms.